The number of benzene rings is 3. The number of carbonyl (C=O) groups is 2. The fraction of sp³-hybridized carbons (Fsp3) is 0.148. The van der Waals surface area contributed by atoms with Gasteiger partial charge >= 0.3 is 5.97 Å². The molecule has 3 aromatic rings. The quantitative estimate of drug-likeness (QED) is 0.300. The SMILES string of the molecule is CCN(CC)c1ccc(/C=C2\N=C(c3ccc(C(=O)c4ccccc4)cc3)OC2=O)cc1. The maximum Gasteiger partial charge on any atom is 0.363 e. The molecule has 0 aromatic heterocycles. The van der Waals surface area contributed by atoms with E-state index < -0.39 is 5.97 Å². The molecule has 0 saturated carbocycles. The molecule has 0 amide bonds. The van der Waals surface area contributed by atoms with Gasteiger partial charge in [-0.3, -0.25) is 4.79 Å². The Morgan fingerprint density at radius 1 is 0.875 bits per heavy atom. The predicted octanol–water partition coefficient (Wildman–Crippen LogP) is 5.11. The van der Waals surface area contributed by atoms with E-state index in [4.69, 9.17) is 4.74 Å². The average molecular weight is 425 g/mol. The van der Waals surface area contributed by atoms with Crippen molar-refractivity contribution in [1.29, 1.82) is 0 Å². The fourth-order valence-corrected chi connectivity index (χ4v) is 3.58. The lowest BCUT2D eigenvalue weighted by atomic mass is 10.0. The third kappa shape index (κ3) is 4.52. The molecule has 0 radical (unpaired) electrons. The van der Waals surface area contributed by atoms with E-state index >= 15 is 0 Å². The summed E-state index contributed by atoms with van der Waals surface area (Å²) in [6, 6.07) is 24.0. The van der Waals surface area contributed by atoms with Gasteiger partial charge in [-0.05, 0) is 49.8 Å². The van der Waals surface area contributed by atoms with Crippen molar-refractivity contribution < 1.29 is 14.3 Å². The third-order valence-electron chi connectivity index (χ3n) is 5.38. The highest BCUT2D eigenvalue weighted by molar-refractivity contribution is 6.13. The van der Waals surface area contributed by atoms with Crippen molar-refractivity contribution in [2.45, 2.75) is 13.8 Å². The molecule has 32 heavy (non-hydrogen) atoms. The second kappa shape index (κ2) is 9.43. The van der Waals surface area contributed by atoms with Crippen LogP contribution in [0.1, 0.15) is 40.9 Å². The molecule has 3 aromatic carbocycles. The van der Waals surface area contributed by atoms with Crippen LogP contribution in [0.5, 0.6) is 0 Å². The summed E-state index contributed by atoms with van der Waals surface area (Å²) in [5, 5.41) is 0. The molecule has 0 N–H and O–H groups in total. The number of ketones is 1. The first kappa shape index (κ1) is 21.2. The van der Waals surface area contributed by atoms with Crippen LogP contribution < -0.4 is 4.90 Å². The number of cyclic esters (lactones) is 1. The molecule has 0 unspecified atom stereocenters. The first-order chi connectivity index (χ1) is 15.6. The molecule has 1 aliphatic rings. The van der Waals surface area contributed by atoms with Crippen LogP contribution in [-0.4, -0.2) is 30.7 Å². The third-order valence-corrected chi connectivity index (χ3v) is 5.38. The van der Waals surface area contributed by atoms with Crippen LogP contribution in [0.2, 0.25) is 0 Å². The minimum absolute atomic E-state index is 0.0590. The van der Waals surface area contributed by atoms with Gasteiger partial charge in [-0.15, -0.1) is 0 Å². The summed E-state index contributed by atoms with van der Waals surface area (Å²) < 4.78 is 5.36. The molecule has 0 bridgehead atoms. The minimum atomic E-state index is -0.489. The number of esters is 1. The number of hydrogen-bond acceptors (Lipinski definition) is 5. The Morgan fingerprint density at radius 3 is 2.12 bits per heavy atom. The summed E-state index contributed by atoms with van der Waals surface area (Å²) >= 11 is 0. The Morgan fingerprint density at radius 2 is 1.50 bits per heavy atom. The molecule has 0 spiro atoms. The summed E-state index contributed by atoms with van der Waals surface area (Å²) in [6.07, 6.45) is 1.72. The van der Waals surface area contributed by atoms with Crippen LogP contribution in [0.25, 0.3) is 6.08 Å². The van der Waals surface area contributed by atoms with Crippen molar-refractivity contribution in [3.8, 4) is 0 Å². The van der Waals surface area contributed by atoms with Crippen LogP contribution in [0.4, 0.5) is 5.69 Å². The highest BCUT2D eigenvalue weighted by Crippen LogP contribution is 2.22. The van der Waals surface area contributed by atoms with Crippen LogP contribution >= 0.6 is 0 Å². The summed E-state index contributed by atoms with van der Waals surface area (Å²) in [5.41, 5.74) is 4.10. The second-order valence-corrected chi connectivity index (χ2v) is 7.37. The molecule has 1 heterocycles. The maximum absolute atomic E-state index is 12.6. The Balaban J connectivity index is 1.52. The Labute approximate surface area is 187 Å². The number of carbonyl (C=O) groups excluding carboxylic acids is 2. The molecule has 0 saturated heterocycles. The van der Waals surface area contributed by atoms with E-state index in [2.05, 4.69) is 23.7 Å². The fourth-order valence-electron chi connectivity index (χ4n) is 3.58. The van der Waals surface area contributed by atoms with Crippen molar-refractivity contribution >= 4 is 29.4 Å². The monoisotopic (exact) mass is 424 g/mol. The normalized spacial score (nSPS) is 14.2. The molecule has 4 rings (SSSR count). The molecule has 0 fully saturated rings. The largest absolute Gasteiger partial charge is 0.402 e. The van der Waals surface area contributed by atoms with Crippen LogP contribution in [-0.2, 0) is 9.53 Å². The lowest BCUT2D eigenvalue weighted by molar-refractivity contribution is -0.129. The smallest absolute Gasteiger partial charge is 0.363 e. The van der Waals surface area contributed by atoms with Gasteiger partial charge < -0.3 is 9.64 Å². The highest BCUT2D eigenvalue weighted by Gasteiger charge is 2.24. The first-order valence-electron chi connectivity index (χ1n) is 10.7. The van der Waals surface area contributed by atoms with Crippen LogP contribution in [0.15, 0.2) is 89.6 Å². The second-order valence-electron chi connectivity index (χ2n) is 7.37. The minimum Gasteiger partial charge on any atom is -0.402 e. The molecular weight excluding hydrogens is 400 g/mol. The van der Waals surface area contributed by atoms with E-state index in [1.165, 1.54) is 0 Å². The maximum atomic E-state index is 12.6. The summed E-state index contributed by atoms with van der Waals surface area (Å²) in [4.78, 5) is 31.5. The number of rotatable bonds is 7. The summed E-state index contributed by atoms with van der Waals surface area (Å²) in [6.45, 7) is 6.11. The predicted molar refractivity (Wildman–Crippen MR) is 127 cm³/mol. The van der Waals surface area contributed by atoms with Crippen molar-refractivity contribution in [2.75, 3.05) is 18.0 Å². The number of nitrogens with zero attached hydrogens (tertiary/aromatic N) is 2. The van der Waals surface area contributed by atoms with Gasteiger partial charge in [-0.1, -0.05) is 54.6 Å². The summed E-state index contributed by atoms with van der Waals surface area (Å²) in [7, 11) is 0. The van der Waals surface area contributed by atoms with Crippen molar-refractivity contribution in [3.63, 3.8) is 0 Å². The lowest BCUT2D eigenvalue weighted by Crippen LogP contribution is -2.21. The molecule has 160 valence electrons. The van der Waals surface area contributed by atoms with Gasteiger partial charge in [0.15, 0.2) is 11.5 Å². The van der Waals surface area contributed by atoms with E-state index in [1.54, 1.807) is 42.5 Å². The van der Waals surface area contributed by atoms with Gasteiger partial charge in [0.2, 0.25) is 5.90 Å². The summed E-state index contributed by atoms with van der Waals surface area (Å²) in [5.74, 6) is -0.312. The zero-order valence-corrected chi connectivity index (χ0v) is 18.1. The van der Waals surface area contributed by atoms with Crippen molar-refractivity contribution in [3.05, 3.63) is 107 Å². The van der Waals surface area contributed by atoms with Gasteiger partial charge in [0.1, 0.15) is 0 Å². The van der Waals surface area contributed by atoms with Crippen LogP contribution in [0, 0.1) is 0 Å². The highest BCUT2D eigenvalue weighted by atomic mass is 16.6. The standard InChI is InChI=1S/C27H24N2O3/c1-3-29(4-2)23-16-10-19(11-17-23)18-24-27(31)32-26(28-24)22-14-12-21(13-15-22)25(30)20-8-6-5-7-9-20/h5-18H,3-4H2,1-2H3/b24-18-. The van der Waals surface area contributed by atoms with E-state index in [1.807, 2.05) is 42.5 Å². The number of anilines is 1. The van der Waals surface area contributed by atoms with Gasteiger partial charge in [0.25, 0.3) is 0 Å². The van der Waals surface area contributed by atoms with E-state index in [9.17, 15) is 9.59 Å². The Kier molecular flexibility index (Phi) is 6.26. The molecule has 5 heteroatoms. The Bertz CT molecular complexity index is 1170. The zero-order chi connectivity index (χ0) is 22.5. The van der Waals surface area contributed by atoms with Gasteiger partial charge in [0, 0.05) is 35.5 Å². The lowest BCUT2D eigenvalue weighted by Gasteiger charge is -2.20. The Hall–Kier alpha value is -3.99. The molecule has 0 aliphatic carbocycles. The number of ether oxygens (including phenoxy) is 1. The molecule has 0 atom stereocenters. The topological polar surface area (TPSA) is 59.0 Å². The van der Waals surface area contributed by atoms with E-state index in [0.717, 1.165) is 24.3 Å². The average Bonchev–Trinajstić information content (AvgIpc) is 3.21. The van der Waals surface area contributed by atoms with Crippen LogP contribution in [0.3, 0.4) is 0 Å². The van der Waals surface area contributed by atoms with E-state index in [0.29, 0.717) is 16.7 Å². The van der Waals surface area contributed by atoms with E-state index in [-0.39, 0.29) is 17.4 Å². The van der Waals surface area contributed by atoms with Gasteiger partial charge in [-0.25, -0.2) is 9.79 Å². The van der Waals surface area contributed by atoms with Gasteiger partial charge in [-0.2, -0.15) is 0 Å². The van der Waals surface area contributed by atoms with Crippen molar-refractivity contribution in [2.24, 2.45) is 4.99 Å². The molecule has 1 aliphatic heterocycles. The van der Waals surface area contributed by atoms with Crippen molar-refractivity contribution in [1.82, 2.24) is 0 Å². The van der Waals surface area contributed by atoms with Gasteiger partial charge in [0.05, 0.1) is 0 Å². The molecular formula is C27H24N2O3. The number of aliphatic imine (C=N–C) groups is 1. The molecule has 5 nitrogen and oxygen atoms in total. The first-order valence-corrected chi connectivity index (χ1v) is 10.7. The number of hydrogen-bond donors (Lipinski definition) is 0. The zero-order valence-electron chi connectivity index (χ0n) is 18.1.